The van der Waals surface area contributed by atoms with Crippen LogP contribution in [0.2, 0.25) is 0 Å². The fourth-order valence-corrected chi connectivity index (χ4v) is 3.01. The number of rotatable bonds is 18. The first-order chi connectivity index (χ1) is 11.5. The zero-order valence-electron chi connectivity index (χ0n) is 16.3. The Labute approximate surface area is 150 Å². The molecule has 3 heteroatoms. The second-order valence-corrected chi connectivity index (χ2v) is 7.55. The molecule has 0 radical (unpaired) electrons. The van der Waals surface area contributed by atoms with E-state index in [4.69, 9.17) is 5.11 Å². The summed E-state index contributed by atoms with van der Waals surface area (Å²) in [4.78, 5) is 11.6. The summed E-state index contributed by atoms with van der Waals surface area (Å²) < 4.78 is 0. The van der Waals surface area contributed by atoms with Crippen LogP contribution < -0.4 is 0 Å². The van der Waals surface area contributed by atoms with Crippen molar-refractivity contribution in [2.45, 2.75) is 122 Å². The van der Waals surface area contributed by atoms with Gasteiger partial charge in [-0.15, -0.1) is 0 Å². The number of hydrogen-bond acceptors (Lipinski definition) is 3. The van der Waals surface area contributed by atoms with Gasteiger partial charge in [-0.2, -0.15) is 0 Å². The average Bonchev–Trinajstić information content (AvgIpc) is 2.58. The molecular weight excluding hydrogens is 300 g/mol. The van der Waals surface area contributed by atoms with E-state index in [9.17, 15) is 9.90 Å². The third-order valence-corrected chi connectivity index (χ3v) is 4.92. The Bertz CT molecular complexity index is 287. The normalized spacial score (nSPS) is 13.8. The average molecular weight is 343 g/mol. The highest BCUT2D eigenvalue weighted by atomic mass is 16.3. The van der Waals surface area contributed by atoms with Crippen LogP contribution in [0.25, 0.3) is 0 Å². The lowest BCUT2D eigenvalue weighted by Gasteiger charge is -2.18. The third kappa shape index (κ3) is 14.0. The van der Waals surface area contributed by atoms with Crippen molar-refractivity contribution in [3.05, 3.63) is 0 Å². The molecule has 0 aromatic carbocycles. The van der Waals surface area contributed by atoms with Gasteiger partial charge in [0.05, 0.1) is 6.61 Å². The van der Waals surface area contributed by atoms with Gasteiger partial charge < -0.3 is 10.2 Å². The van der Waals surface area contributed by atoms with Crippen LogP contribution in [0, 0.1) is 0 Å². The van der Waals surface area contributed by atoms with Crippen molar-refractivity contribution in [3.63, 3.8) is 0 Å². The molecule has 24 heavy (non-hydrogen) atoms. The van der Waals surface area contributed by atoms with Crippen molar-refractivity contribution in [3.8, 4) is 0 Å². The van der Waals surface area contributed by atoms with E-state index in [-0.39, 0.29) is 5.78 Å². The van der Waals surface area contributed by atoms with Gasteiger partial charge in [-0.3, -0.25) is 4.79 Å². The topological polar surface area (TPSA) is 57.5 Å². The van der Waals surface area contributed by atoms with Gasteiger partial charge in [-0.25, -0.2) is 0 Å². The fourth-order valence-electron chi connectivity index (χ4n) is 3.01. The second kappa shape index (κ2) is 16.1. The molecule has 2 N–H and O–H groups in total. The number of ketones is 1. The Morgan fingerprint density at radius 1 is 0.708 bits per heavy atom. The molecule has 1 atom stereocenters. The van der Waals surface area contributed by atoms with Crippen LogP contribution in [-0.4, -0.2) is 28.2 Å². The zero-order valence-corrected chi connectivity index (χ0v) is 16.3. The van der Waals surface area contributed by atoms with Gasteiger partial charge in [-0.1, -0.05) is 96.8 Å². The Balaban J connectivity index is 3.19. The van der Waals surface area contributed by atoms with Crippen LogP contribution in [0.3, 0.4) is 0 Å². The van der Waals surface area contributed by atoms with Gasteiger partial charge in [0.2, 0.25) is 0 Å². The van der Waals surface area contributed by atoms with E-state index >= 15 is 0 Å². The summed E-state index contributed by atoms with van der Waals surface area (Å²) in [7, 11) is 0. The van der Waals surface area contributed by atoms with Crippen molar-refractivity contribution in [2.75, 3.05) is 6.61 Å². The van der Waals surface area contributed by atoms with Crippen molar-refractivity contribution >= 4 is 5.78 Å². The molecule has 0 fully saturated rings. The number of carbonyl (C=O) groups is 1. The molecule has 0 aromatic heterocycles. The lowest BCUT2D eigenvalue weighted by Crippen LogP contribution is -2.38. The van der Waals surface area contributed by atoms with E-state index in [1.807, 2.05) is 0 Å². The molecule has 144 valence electrons. The Morgan fingerprint density at radius 3 is 1.38 bits per heavy atom. The molecule has 0 aromatic rings. The summed E-state index contributed by atoms with van der Waals surface area (Å²) >= 11 is 0. The molecule has 0 aliphatic carbocycles. The van der Waals surface area contributed by atoms with Gasteiger partial charge in [0.25, 0.3) is 0 Å². The Hall–Kier alpha value is -0.410. The minimum atomic E-state index is -1.55. The van der Waals surface area contributed by atoms with Crippen LogP contribution in [-0.2, 0) is 4.79 Å². The maximum absolute atomic E-state index is 11.6. The number of carbonyl (C=O) groups excluding carboxylic acids is 1. The quantitative estimate of drug-likeness (QED) is 0.321. The highest BCUT2D eigenvalue weighted by Crippen LogP contribution is 2.15. The van der Waals surface area contributed by atoms with Crippen molar-refractivity contribution in [1.29, 1.82) is 0 Å². The van der Waals surface area contributed by atoms with E-state index in [2.05, 4.69) is 6.92 Å². The van der Waals surface area contributed by atoms with Crippen LogP contribution in [0.4, 0.5) is 0 Å². The summed E-state index contributed by atoms with van der Waals surface area (Å²) in [5.74, 6) is -0.236. The van der Waals surface area contributed by atoms with Gasteiger partial charge in [0, 0.05) is 6.42 Å². The number of Topliss-reactive ketones (excluding diaryl/α,β-unsaturated/α-hetero) is 1. The molecule has 0 bridgehead atoms. The summed E-state index contributed by atoms with van der Waals surface area (Å²) in [5.41, 5.74) is -1.55. The minimum Gasteiger partial charge on any atom is -0.393 e. The SMILES string of the molecule is CCCCCCCCCCCCCCCCCC(=O)C(C)(O)CO. The predicted molar refractivity (Wildman–Crippen MR) is 102 cm³/mol. The second-order valence-electron chi connectivity index (χ2n) is 7.55. The molecule has 0 saturated heterocycles. The van der Waals surface area contributed by atoms with E-state index < -0.39 is 12.2 Å². The van der Waals surface area contributed by atoms with Crippen molar-refractivity contribution < 1.29 is 15.0 Å². The summed E-state index contributed by atoms with van der Waals surface area (Å²) in [6.45, 7) is 3.17. The zero-order chi connectivity index (χ0) is 18.1. The molecule has 0 spiro atoms. The minimum absolute atomic E-state index is 0.236. The fraction of sp³-hybridized carbons (Fsp3) is 0.952. The standard InChI is InChI=1S/C21H42O3/c1-3-4-5-6-7-8-9-10-11-12-13-14-15-16-17-18-20(23)21(2,24)19-22/h22,24H,3-19H2,1-2H3. The first kappa shape index (κ1) is 23.6. The van der Waals surface area contributed by atoms with Crippen LogP contribution >= 0.6 is 0 Å². The lowest BCUT2D eigenvalue weighted by molar-refractivity contribution is -0.139. The molecule has 0 aliphatic heterocycles. The van der Waals surface area contributed by atoms with Crippen LogP contribution in [0.5, 0.6) is 0 Å². The molecule has 0 amide bonds. The maximum atomic E-state index is 11.6. The van der Waals surface area contributed by atoms with E-state index in [1.54, 1.807) is 0 Å². The largest absolute Gasteiger partial charge is 0.393 e. The number of aliphatic hydroxyl groups is 2. The maximum Gasteiger partial charge on any atom is 0.166 e. The van der Waals surface area contributed by atoms with Crippen LogP contribution in [0.15, 0.2) is 0 Å². The number of unbranched alkanes of at least 4 members (excludes halogenated alkanes) is 14. The molecule has 0 aliphatic rings. The smallest absolute Gasteiger partial charge is 0.166 e. The highest BCUT2D eigenvalue weighted by Gasteiger charge is 2.27. The number of hydrogen-bond donors (Lipinski definition) is 2. The monoisotopic (exact) mass is 342 g/mol. The summed E-state index contributed by atoms with van der Waals surface area (Å²) in [5, 5.41) is 18.5. The van der Waals surface area contributed by atoms with Crippen molar-refractivity contribution in [2.24, 2.45) is 0 Å². The summed E-state index contributed by atoms with van der Waals surface area (Å²) in [6, 6.07) is 0. The van der Waals surface area contributed by atoms with E-state index in [0.717, 1.165) is 12.8 Å². The first-order valence-corrected chi connectivity index (χ1v) is 10.4. The molecule has 0 heterocycles. The molecular formula is C21H42O3. The van der Waals surface area contributed by atoms with E-state index in [0.29, 0.717) is 6.42 Å². The van der Waals surface area contributed by atoms with Gasteiger partial charge in [0.1, 0.15) is 5.60 Å². The third-order valence-electron chi connectivity index (χ3n) is 4.92. The molecule has 0 rings (SSSR count). The Kier molecular flexibility index (Phi) is 15.8. The van der Waals surface area contributed by atoms with Gasteiger partial charge >= 0.3 is 0 Å². The highest BCUT2D eigenvalue weighted by molar-refractivity contribution is 5.86. The molecule has 3 nitrogen and oxygen atoms in total. The Morgan fingerprint density at radius 2 is 1.04 bits per heavy atom. The van der Waals surface area contributed by atoms with Crippen LogP contribution in [0.1, 0.15) is 117 Å². The lowest BCUT2D eigenvalue weighted by atomic mass is 9.96. The molecule has 1 unspecified atom stereocenters. The summed E-state index contributed by atoms with van der Waals surface area (Å²) in [6.07, 6.45) is 19.9. The predicted octanol–water partition coefficient (Wildman–Crippen LogP) is 5.56. The van der Waals surface area contributed by atoms with E-state index in [1.165, 1.54) is 90.4 Å². The van der Waals surface area contributed by atoms with Gasteiger partial charge in [0.15, 0.2) is 5.78 Å². The van der Waals surface area contributed by atoms with Crippen molar-refractivity contribution in [1.82, 2.24) is 0 Å². The van der Waals surface area contributed by atoms with Gasteiger partial charge in [-0.05, 0) is 13.3 Å². The number of aliphatic hydroxyl groups excluding tert-OH is 1. The first-order valence-electron chi connectivity index (χ1n) is 10.4. The molecule has 0 saturated carbocycles.